The predicted octanol–water partition coefficient (Wildman–Crippen LogP) is 7.45. The highest BCUT2D eigenvalue weighted by Gasteiger charge is 2.15. The Morgan fingerprint density at radius 1 is 0.732 bits per heavy atom. The van der Waals surface area contributed by atoms with Crippen LogP contribution in [0.2, 0.25) is 0 Å². The molecule has 0 saturated carbocycles. The fourth-order valence-corrected chi connectivity index (χ4v) is 5.58. The summed E-state index contributed by atoms with van der Waals surface area (Å²) in [7, 11) is 1.70. The zero-order valence-electron chi connectivity index (χ0n) is 27.2. The smallest absolute Gasteiger partial charge is 0.306 e. The molecule has 1 N–H and O–H groups in total. The van der Waals surface area contributed by atoms with Crippen molar-refractivity contribution in [3.63, 3.8) is 0 Å². The number of ether oxygens (including phenoxy) is 3. The molecular formula is C34H66N2O5. The van der Waals surface area contributed by atoms with Crippen LogP contribution in [0.15, 0.2) is 0 Å². The van der Waals surface area contributed by atoms with Crippen LogP contribution in [0.5, 0.6) is 0 Å². The van der Waals surface area contributed by atoms with E-state index in [4.69, 9.17) is 14.2 Å². The van der Waals surface area contributed by atoms with Crippen molar-refractivity contribution in [1.82, 2.24) is 10.2 Å². The van der Waals surface area contributed by atoms with Crippen LogP contribution in [0.1, 0.15) is 142 Å². The van der Waals surface area contributed by atoms with Crippen LogP contribution in [0, 0.1) is 5.92 Å². The Balaban J connectivity index is 2.09. The predicted molar refractivity (Wildman–Crippen MR) is 169 cm³/mol. The van der Waals surface area contributed by atoms with Crippen molar-refractivity contribution < 1.29 is 23.8 Å². The summed E-state index contributed by atoms with van der Waals surface area (Å²) in [4.78, 5) is 27.2. The van der Waals surface area contributed by atoms with Crippen LogP contribution in [-0.2, 0) is 23.8 Å². The first kappa shape index (κ1) is 37.8. The van der Waals surface area contributed by atoms with Gasteiger partial charge in [0, 0.05) is 32.4 Å². The van der Waals surface area contributed by atoms with Crippen LogP contribution in [0.3, 0.4) is 0 Å². The normalized spacial score (nSPS) is 14.5. The molecule has 7 heteroatoms. The summed E-state index contributed by atoms with van der Waals surface area (Å²) in [5.41, 5.74) is 0. The second-order valence-corrected chi connectivity index (χ2v) is 12.2. The van der Waals surface area contributed by atoms with Crippen molar-refractivity contribution >= 4 is 11.9 Å². The highest BCUT2D eigenvalue weighted by Crippen LogP contribution is 2.17. The van der Waals surface area contributed by atoms with Gasteiger partial charge in [-0.1, -0.05) is 65.2 Å². The van der Waals surface area contributed by atoms with E-state index in [1.165, 1.54) is 83.8 Å². The first-order chi connectivity index (χ1) is 20.1. The number of rotatable bonds is 29. The second kappa shape index (κ2) is 27.6. The highest BCUT2D eigenvalue weighted by atomic mass is 16.5. The number of hydrogen-bond acceptors (Lipinski definition) is 7. The van der Waals surface area contributed by atoms with Crippen LogP contribution in [0.4, 0.5) is 0 Å². The number of carbonyl (C=O) groups is 2. The summed E-state index contributed by atoms with van der Waals surface area (Å²) in [6.45, 7) is 11.0. The number of hydrogen-bond donors (Lipinski definition) is 1. The van der Waals surface area contributed by atoms with Crippen LogP contribution < -0.4 is 5.32 Å². The van der Waals surface area contributed by atoms with Crippen molar-refractivity contribution in [2.24, 2.45) is 5.92 Å². The lowest BCUT2D eigenvalue weighted by atomic mass is 10.0. The standard InChI is InChI=1S/C34H66N2O5/c1-4-6-8-12-20-32(21-13-9-7-5-2)41-34(38)23-15-11-10-14-22-33(37)40-30-31(29-39-3)28-35-24-16-17-25-36-26-18-19-27-36/h31-32,35H,4-30H2,1-3H3. The zero-order valence-corrected chi connectivity index (χ0v) is 27.2. The van der Waals surface area contributed by atoms with E-state index >= 15 is 0 Å². The van der Waals surface area contributed by atoms with Crippen molar-refractivity contribution in [3.8, 4) is 0 Å². The van der Waals surface area contributed by atoms with E-state index in [1.807, 2.05) is 0 Å². The summed E-state index contributed by atoms with van der Waals surface area (Å²) in [5, 5.41) is 3.51. The number of likely N-dealkylation sites (tertiary alicyclic amines) is 1. The van der Waals surface area contributed by atoms with Crippen LogP contribution in [-0.4, -0.2) is 76.0 Å². The van der Waals surface area contributed by atoms with Crippen LogP contribution in [0.25, 0.3) is 0 Å². The minimum absolute atomic E-state index is 0.0511. The number of unbranched alkanes of at least 4 members (excludes halogenated alkanes) is 10. The Hall–Kier alpha value is -1.18. The van der Waals surface area contributed by atoms with Gasteiger partial charge in [-0.2, -0.15) is 0 Å². The molecule has 0 radical (unpaired) electrons. The second-order valence-electron chi connectivity index (χ2n) is 12.2. The van der Waals surface area contributed by atoms with Crippen molar-refractivity contribution in [1.29, 1.82) is 0 Å². The molecule has 7 nitrogen and oxygen atoms in total. The molecule has 0 aromatic carbocycles. The Morgan fingerprint density at radius 3 is 1.95 bits per heavy atom. The summed E-state index contributed by atoms with van der Waals surface area (Å²) < 4.78 is 16.7. The van der Waals surface area contributed by atoms with Crippen molar-refractivity contribution in [2.75, 3.05) is 53.0 Å². The molecule has 0 spiro atoms. The Labute approximate surface area is 253 Å². The molecule has 242 valence electrons. The van der Waals surface area contributed by atoms with E-state index in [2.05, 4.69) is 24.1 Å². The molecule has 0 amide bonds. The molecule has 0 aromatic heterocycles. The van der Waals surface area contributed by atoms with E-state index < -0.39 is 0 Å². The molecule has 1 atom stereocenters. The fraction of sp³-hybridized carbons (Fsp3) is 0.941. The third-order valence-electron chi connectivity index (χ3n) is 8.16. The van der Waals surface area contributed by atoms with Crippen molar-refractivity contribution in [3.05, 3.63) is 0 Å². The van der Waals surface area contributed by atoms with Crippen LogP contribution >= 0.6 is 0 Å². The zero-order chi connectivity index (χ0) is 29.8. The molecule has 1 unspecified atom stereocenters. The fourth-order valence-electron chi connectivity index (χ4n) is 5.58. The number of nitrogens with zero attached hydrogens (tertiary/aromatic N) is 1. The molecule has 1 saturated heterocycles. The summed E-state index contributed by atoms with van der Waals surface area (Å²) in [6.07, 6.45) is 21.3. The third kappa shape index (κ3) is 23.0. The molecule has 0 aromatic rings. The molecule has 0 aliphatic carbocycles. The third-order valence-corrected chi connectivity index (χ3v) is 8.16. The lowest BCUT2D eigenvalue weighted by molar-refractivity contribution is -0.150. The molecular weight excluding hydrogens is 516 g/mol. The van der Waals surface area contributed by atoms with Gasteiger partial charge in [-0.05, 0) is 90.4 Å². The molecule has 1 aliphatic heterocycles. The molecule has 1 rings (SSSR count). The average molecular weight is 583 g/mol. The van der Waals surface area contributed by atoms with Gasteiger partial charge in [-0.15, -0.1) is 0 Å². The van der Waals surface area contributed by atoms with E-state index in [0.29, 0.717) is 26.1 Å². The Bertz CT molecular complexity index is 600. The molecule has 0 bridgehead atoms. The minimum Gasteiger partial charge on any atom is -0.465 e. The first-order valence-electron chi connectivity index (χ1n) is 17.4. The average Bonchev–Trinajstić information content (AvgIpc) is 3.49. The van der Waals surface area contributed by atoms with E-state index in [9.17, 15) is 9.59 Å². The van der Waals surface area contributed by atoms with Gasteiger partial charge >= 0.3 is 11.9 Å². The summed E-state index contributed by atoms with van der Waals surface area (Å²) in [6, 6.07) is 0. The lowest BCUT2D eigenvalue weighted by Crippen LogP contribution is -2.31. The number of carbonyl (C=O) groups excluding carboxylic acids is 2. The molecule has 1 heterocycles. The number of esters is 2. The lowest BCUT2D eigenvalue weighted by Gasteiger charge is -2.18. The maximum Gasteiger partial charge on any atom is 0.306 e. The van der Waals surface area contributed by atoms with Gasteiger partial charge in [0.25, 0.3) is 0 Å². The van der Waals surface area contributed by atoms with Gasteiger partial charge in [0.15, 0.2) is 0 Å². The van der Waals surface area contributed by atoms with E-state index in [0.717, 1.165) is 64.5 Å². The van der Waals surface area contributed by atoms with Gasteiger partial charge in [0.05, 0.1) is 13.2 Å². The molecule has 41 heavy (non-hydrogen) atoms. The monoisotopic (exact) mass is 582 g/mol. The molecule has 1 fully saturated rings. The maximum atomic E-state index is 12.4. The van der Waals surface area contributed by atoms with Gasteiger partial charge in [0.2, 0.25) is 0 Å². The number of nitrogens with one attached hydrogen (secondary N) is 1. The van der Waals surface area contributed by atoms with Gasteiger partial charge in [-0.3, -0.25) is 9.59 Å². The van der Waals surface area contributed by atoms with Gasteiger partial charge in [-0.25, -0.2) is 0 Å². The first-order valence-corrected chi connectivity index (χ1v) is 17.4. The van der Waals surface area contributed by atoms with E-state index in [1.54, 1.807) is 7.11 Å². The quantitative estimate of drug-likeness (QED) is 0.0725. The maximum absolute atomic E-state index is 12.4. The largest absolute Gasteiger partial charge is 0.465 e. The van der Waals surface area contributed by atoms with E-state index in [-0.39, 0.29) is 24.0 Å². The SMILES string of the molecule is CCCCCCC(CCCCCC)OC(=O)CCCCCCC(=O)OCC(CNCCCCN1CCCC1)COC. The van der Waals surface area contributed by atoms with Gasteiger partial charge in [0.1, 0.15) is 6.10 Å². The van der Waals surface area contributed by atoms with Gasteiger partial charge < -0.3 is 24.4 Å². The summed E-state index contributed by atoms with van der Waals surface area (Å²) in [5.74, 6) is -0.00875. The van der Waals surface area contributed by atoms with Crippen molar-refractivity contribution in [2.45, 2.75) is 148 Å². The topological polar surface area (TPSA) is 77.1 Å². The Morgan fingerprint density at radius 2 is 1.34 bits per heavy atom. The minimum atomic E-state index is -0.134. The number of methoxy groups -OCH3 is 1. The highest BCUT2D eigenvalue weighted by molar-refractivity contribution is 5.69. The Kier molecular flexibility index (Phi) is 25.5. The molecule has 1 aliphatic rings. The summed E-state index contributed by atoms with van der Waals surface area (Å²) >= 11 is 0.